The molecule has 1 saturated heterocycles. The molecule has 1 atom stereocenters. The maximum atomic E-state index is 13.0. The molecular formula is C23H22F3N5O2. The molecule has 4 heterocycles. The molecule has 0 amide bonds. The summed E-state index contributed by atoms with van der Waals surface area (Å²) in [4.78, 5) is 17.5. The molecule has 0 unspecified atom stereocenters. The van der Waals surface area contributed by atoms with Crippen LogP contribution in [0.25, 0.3) is 5.69 Å². The van der Waals surface area contributed by atoms with E-state index in [0.29, 0.717) is 24.4 Å². The smallest absolute Gasteiger partial charge is 0.433 e. The van der Waals surface area contributed by atoms with Gasteiger partial charge in [-0.2, -0.15) is 18.3 Å². The van der Waals surface area contributed by atoms with Crippen LogP contribution in [0.5, 0.6) is 0 Å². The van der Waals surface area contributed by atoms with Gasteiger partial charge in [0.2, 0.25) is 0 Å². The van der Waals surface area contributed by atoms with Gasteiger partial charge in [-0.05, 0) is 36.2 Å². The zero-order valence-electron chi connectivity index (χ0n) is 17.9. The van der Waals surface area contributed by atoms with Crippen molar-refractivity contribution in [2.75, 3.05) is 19.6 Å². The van der Waals surface area contributed by atoms with Crippen LogP contribution < -0.4 is 5.32 Å². The molecule has 2 aliphatic heterocycles. The number of alkyl halides is 3. The summed E-state index contributed by atoms with van der Waals surface area (Å²) >= 11 is 0. The predicted molar refractivity (Wildman–Crippen MR) is 113 cm³/mol. The molecule has 1 N–H and O–H groups in total. The van der Waals surface area contributed by atoms with Gasteiger partial charge in [0.05, 0.1) is 17.4 Å². The number of ether oxygens (including phenoxy) is 1. The summed E-state index contributed by atoms with van der Waals surface area (Å²) < 4.78 is 45.5. The Bertz CT molecular complexity index is 1210. The molecule has 0 bridgehead atoms. The number of carbonyl (C=O) groups is 1. The van der Waals surface area contributed by atoms with E-state index in [-0.39, 0.29) is 12.0 Å². The van der Waals surface area contributed by atoms with E-state index in [9.17, 15) is 18.0 Å². The first kappa shape index (κ1) is 21.6. The number of piperazine rings is 1. The molecule has 0 saturated carbocycles. The number of pyridine rings is 1. The van der Waals surface area contributed by atoms with Crippen molar-refractivity contribution in [3.05, 3.63) is 76.4 Å². The molecule has 2 aliphatic rings. The first-order chi connectivity index (χ1) is 15.8. The van der Waals surface area contributed by atoms with E-state index >= 15 is 0 Å². The van der Waals surface area contributed by atoms with Crippen LogP contribution in [0.2, 0.25) is 0 Å². The fourth-order valence-corrected chi connectivity index (χ4v) is 4.47. The second kappa shape index (κ2) is 8.27. The summed E-state index contributed by atoms with van der Waals surface area (Å²) in [5.74, 6) is -0.272. The van der Waals surface area contributed by atoms with Gasteiger partial charge in [-0.25, -0.2) is 9.48 Å². The van der Waals surface area contributed by atoms with Gasteiger partial charge < -0.3 is 10.1 Å². The van der Waals surface area contributed by atoms with Crippen molar-refractivity contribution in [2.45, 2.75) is 32.3 Å². The Balaban J connectivity index is 1.30. The molecule has 7 nitrogen and oxygen atoms in total. The topological polar surface area (TPSA) is 72.3 Å². The highest BCUT2D eigenvalue weighted by atomic mass is 19.4. The quantitative estimate of drug-likeness (QED) is 0.606. The summed E-state index contributed by atoms with van der Waals surface area (Å²) in [5, 5.41) is 7.79. The lowest BCUT2D eigenvalue weighted by Gasteiger charge is -2.34. The van der Waals surface area contributed by atoms with Crippen molar-refractivity contribution in [2.24, 2.45) is 0 Å². The SMILES string of the molecule is Cc1c([C@@H]2CN(Cc3cnn(-c4ccnc(C(F)(F)F)c4)c3)CCN2)ccc2c1COC2=O. The van der Waals surface area contributed by atoms with Crippen LogP contribution in [0.1, 0.15) is 44.3 Å². The van der Waals surface area contributed by atoms with Crippen molar-refractivity contribution in [1.82, 2.24) is 25.0 Å². The standard InChI is InChI=1S/C23H22F3N5O2/c1-14-17(2-3-18-19(14)13-33-22(18)32)20-12-30(7-6-27-20)10-15-9-29-31(11-15)16-4-5-28-21(8-16)23(24,25)26/h2-5,8-9,11,20,27H,6-7,10,12-13H2,1H3/t20-/m0/s1. The molecule has 0 aliphatic carbocycles. The van der Waals surface area contributed by atoms with Crippen molar-refractivity contribution < 1.29 is 22.7 Å². The van der Waals surface area contributed by atoms with E-state index in [1.165, 1.54) is 10.7 Å². The summed E-state index contributed by atoms with van der Waals surface area (Å²) in [7, 11) is 0. The summed E-state index contributed by atoms with van der Waals surface area (Å²) in [5.41, 5.74) is 4.08. The molecule has 2 aromatic heterocycles. The van der Waals surface area contributed by atoms with E-state index in [1.807, 2.05) is 19.1 Å². The third kappa shape index (κ3) is 4.23. The van der Waals surface area contributed by atoms with Gasteiger partial charge in [0, 0.05) is 55.7 Å². The minimum absolute atomic E-state index is 0.101. The fraction of sp³-hybridized carbons (Fsp3) is 0.348. The number of cyclic esters (lactones) is 1. The average molecular weight is 457 g/mol. The largest absolute Gasteiger partial charge is 0.457 e. The molecular weight excluding hydrogens is 435 g/mol. The normalized spacial score (nSPS) is 18.9. The Labute approximate surface area is 188 Å². The van der Waals surface area contributed by atoms with E-state index in [4.69, 9.17) is 4.74 Å². The van der Waals surface area contributed by atoms with Gasteiger partial charge in [0.15, 0.2) is 0 Å². The van der Waals surface area contributed by atoms with Crippen LogP contribution >= 0.6 is 0 Å². The molecule has 10 heteroatoms. The Hall–Kier alpha value is -3.24. The minimum atomic E-state index is -4.50. The molecule has 0 spiro atoms. The molecule has 172 valence electrons. The predicted octanol–water partition coefficient (Wildman–Crippen LogP) is 3.41. The van der Waals surface area contributed by atoms with Gasteiger partial charge >= 0.3 is 12.1 Å². The monoisotopic (exact) mass is 457 g/mol. The van der Waals surface area contributed by atoms with Gasteiger partial charge in [0.1, 0.15) is 12.3 Å². The number of hydrogen-bond donors (Lipinski definition) is 1. The van der Waals surface area contributed by atoms with Crippen LogP contribution in [0.3, 0.4) is 0 Å². The molecule has 3 aromatic rings. The highest BCUT2D eigenvalue weighted by Gasteiger charge is 2.33. The third-order valence-corrected chi connectivity index (χ3v) is 6.18. The first-order valence-electron chi connectivity index (χ1n) is 10.6. The number of fused-ring (bicyclic) bond motifs is 1. The maximum Gasteiger partial charge on any atom is 0.433 e. The molecule has 0 radical (unpaired) electrons. The van der Waals surface area contributed by atoms with Gasteiger partial charge in [0.25, 0.3) is 0 Å². The lowest BCUT2D eigenvalue weighted by atomic mass is 9.93. The zero-order valence-corrected chi connectivity index (χ0v) is 17.9. The molecule has 5 rings (SSSR count). The third-order valence-electron chi connectivity index (χ3n) is 6.18. The van der Waals surface area contributed by atoms with Crippen molar-refractivity contribution >= 4 is 5.97 Å². The van der Waals surface area contributed by atoms with E-state index < -0.39 is 11.9 Å². The van der Waals surface area contributed by atoms with Crippen LogP contribution in [-0.4, -0.2) is 45.3 Å². The number of rotatable bonds is 4. The number of aromatic nitrogens is 3. The molecule has 33 heavy (non-hydrogen) atoms. The Kier molecular flexibility index (Phi) is 5.41. The van der Waals surface area contributed by atoms with Gasteiger partial charge in [-0.3, -0.25) is 9.88 Å². The number of carbonyl (C=O) groups excluding carboxylic acids is 1. The summed E-state index contributed by atoms with van der Waals surface area (Å²) in [6, 6.07) is 6.41. The second-order valence-electron chi connectivity index (χ2n) is 8.31. The van der Waals surface area contributed by atoms with E-state index in [0.717, 1.165) is 54.2 Å². The fourth-order valence-electron chi connectivity index (χ4n) is 4.47. The zero-order chi connectivity index (χ0) is 23.2. The number of hydrogen-bond acceptors (Lipinski definition) is 6. The maximum absolute atomic E-state index is 13.0. The van der Waals surface area contributed by atoms with E-state index in [1.54, 1.807) is 12.4 Å². The van der Waals surface area contributed by atoms with Crippen LogP contribution in [0.15, 0.2) is 42.9 Å². The van der Waals surface area contributed by atoms with E-state index in [2.05, 4.69) is 20.3 Å². The average Bonchev–Trinajstić information content (AvgIpc) is 3.41. The number of esters is 1. The number of nitrogens with one attached hydrogen (secondary N) is 1. The molecule has 1 aromatic carbocycles. The highest BCUT2D eigenvalue weighted by molar-refractivity contribution is 5.94. The highest BCUT2D eigenvalue weighted by Crippen LogP contribution is 2.31. The Morgan fingerprint density at radius 1 is 1.27 bits per heavy atom. The van der Waals surface area contributed by atoms with Crippen molar-refractivity contribution in [3.63, 3.8) is 0 Å². The minimum Gasteiger partial charge on any atom is -0.457 e. The van der Waals surface area contributed by atoms with Gasteiger partial charge in [-0.15, -0.1) is 0 Å². The van der Waals surface area contributed by atoms with Crippen molar-refractivity contribution in [3.8, 4) is 5.69 Å². The first-order valence-corrected chi connectivity index (χ1v) is 10.6. The summed E-state index contributed by atoms with van der Waals surface area (Å²) in [6.45, 7) is 5.35. The molecule has 1 fully saturated rings. The number of nitrogens with zero attached hydrogens (tertiary/aromatic N) is 4. The summed E-state index contributed by atoms with van der Waals surface area (Å²) in [6.07, 6.45) is 0.0549. The van der Waals surface area contributed by atoms with Crippen molar-refractivity contribution in [1.29, 1.82) is 0 Å². The van der Waals surface area contributed by atoms with Crippen LogP contribution in [0.4, 0.5) is 13.2 Å². The lowest BCUT2D eigenvalue weighted by Crippen LogP contribution is -2.45. The Morgan fingerprint density at radius 3 is 2.94 bits per heavy atom. The number of halogens is 3. The van der Waals surface area contributed by atoms with Crippen LogP contribution in [-0.2, 0) is 24.1 Å². The second-order valence-corrected chi connectivity index (χ2v) is 8.31. The Morgan fingerprint density at radius 2 is 2.12 bits per heavy atom. The number of benzene rings is 1. The van der Waals surface area contributed by atoms with Crippen LogP contribution in [0, 0.1) is 6.92 Å². The van der Waals surface area contributed by atoms with Gasteiger partial charge in [-0.1, -0.05) is 6.07 Å². The lowest BCUT2D eigenvalue weighted by molar-refractivity contribution is -0.141.